The van der Waals surface area contributed by atoms with Crippen molar-refractivity contribution in [1.29, 1.82) is 5.26 Å². The quantitative estimate of drug-likeness (QED) is 0.357. The first-order valence-corrected chi connectivity index (χ1v) is 5.41. The summed E-state index contributed by atoms with van der Waals surface area (Å²) in [7, 11) is 0. The number of hydrogen-bond acceptors (Lipinski definition) is 5. The predicted octanol–water partition coefficient (Wildman–Crippen LogP) is 0.0178. The van der Waals surface area contributed by atoms with Crippen LogP contribution in [-0.2, 0) is 12.8 Å². The third-order valence-electron chi connectivity index (χ3n) is 2.97. The molecule has 0 radical (unpaired) electrons. The van der Waals surface area contributed by atoms with Gasteiger partial charge in [-0.3, -0.25) is 10.2 Å². The summed E-state index contributed by atoms with van der Waals surface area (Å²) in [6.45, 7) is 0. The number of aryl methyl sites for hydroxylation is 1. The Hall–Kier alpha value is -2.13. The highest BCUT2D eigenvalue weighted by molar-refractivity contribution is 5.99. The maximum absolute atomic E-state index is 11.7. The van der Waals surface area contributed by atoms with Gasteiger partial charge < -0.3 is 5.73 Å². The largest absolute Gasteiger partial charge is 0.383 e. The lowest BCUT2D eigenvalue weighted by Crippen LogP contribution is -2.32. The fourth-order valence-corrected chi connectivity index (χ4v) is 2.20. The zero-order chi connectivity index (χ0) is 12.4. The number of rotatable bonds is 1. The molecule has 1 aromatic heterocycles. The fourth-order valence-electron chi connectivity index (χ4n) is 2.20. The number of aromatic nitrogens is 1. The van der Waals surface area contributed by atoms with Crippen molar-refractivity contribution in [3.63, 3.8) is 0 Å². The van der Waals surface area contributed by atoms with Gasteiger partial charge in [0.05, 0.1) is 5.56 Å². The summed E-state index contributed by atoms with van der Waals surface area (Å²) in [4.78, 5) is 15.9. The van der Waals surface area contributed by atoms with Crippen molar-refractivity contribution in [3.8, 4) is 6.07 Å². The minimum absolute atomic E-state index is 0.103. The van der Waals surface area contributed by atoms with Crippen LogP contribution < -0.4 is 17.0 Å². The number of pyridine rings is 1. The topological polar surface area (TPSA) is 118 Å². The van der Waals surface area contributed by atoms with E-state index in [0.717, 1.165) is 36.9 Å². The Kier molecular flexibility index (Phi) is 2.93. The molecule has 6 nitrogen and oxygen atoms in total. The van der Waals surface area contributed by atoms with Crippen LogP contribution >= 0.6 is 0 Å². The Morgan fingerprint density at radius 2 is 2.12 bits per heavy atom. The molecule has 88 valence electrons. The van der Waals surface area contributed by atoms with Gasteiger partial charge in [0.15, 0.2) is 0 Å². The number of amides is 1. The molecule has 0 aliphatic heterocycles. The van der Waals surface area contributed by atoms with Crippen LogP contribution in [0.25, 0.3) is 0 Å². The van der Waals surface area contributed by atoms with Crippen LogP contribution in [-0.4, -0.2) is 10.9 Å². The van der Waals surface area contributed by atoms with Gasteiger partial charge >= 0.3 is 0 Å². The Morgan fingerprint density at radius 3 is 2.76 bits per heavy atom. The normalized spacial score (nSPS) is 13.6. The molecule has 1 amide bonds. The number of carbonyl (C=O) groups is 1. The zero-order valence-electron chi connectivity index (χ0n) is 9.29. The lowest BCUT2D eigenvalue weighted by Gasteiger charge is -2.19. The van der Waals surface area contributed by atoms with Crippen LogP contribution in [0.15, 0.2) is 0 Å². The maximum atomic E-state index is 11.7. The summed E-state index contributed by atoms with van der Waals surface area (Å²) >= 11 is 0. The number of nitrogens with zero attached hydrogens (tertiary/aromatic N) is 2. The van der Waals surface area contributed by atoms with E-state index in [4.69, 9.17) is 16.8 Å². The SMILES string of the molecule is N#Cc1c(N)nc2c(c1C(=O)NN)CCCC2. The van der Waals surface area contributed by atoms with Crippen molar-refractivity contribution >= 4 is 11.7 Å². The van der Waals surface area contributed by atoms with Crippen LogP contribution in [0, 0.1) is 11.3 Å². The summed E-state index contributed by atoms with van der Waals surface area (Å²) in [6.07, 6.45) is 3.53. The second kappa shape index (κ2) is 4.39. The van der Waals surface area contributed by atoms with Crippen LogP contribution in [0.3, 0.4) is 0 Å². The van der Waals surface area contributed by atoms with Crippen molar-refractivity contribution in [2.75, 3.05) is 5.73 Å². The molecule has 2 rings (SSSR count). The van der Waals surface area contributed by atoms with Crippen molar-refractivity contribution < 1.29 is 4.79 Å². The highest BCUT2D eigenvalue weighted by atomic mass is 16.2. The van der Waals surface area contributed by atoms with Gasteiger partial charge in [-0.15, -0.1) is 0 Å². The average Bonchev–Trinajstić information content (AvgIpc) is 2.36. The highest BCUT2D eigenvalue weighted by Crippen LogP contribution is 2.28. The summed E-state index contributed by atoms with van der Waals surface area (Å²) in [5.41, 5.74) is 9.78. The number of hydrogen-bond donors (Lipinski definition) is 3. The van der Waals surface area contributed by atoms with E-state index in [2.05, 4.69) is 10.4 Å². The summed E-state index contributed by atoms with van der Waals surface area (Å²) in [5, 5.41) is 9.05. The number of nitrogens with one attached hydrogen (secondary N) is 1. The molecule has 1 heterocycles. The van der Waals surface area contributed by atoms with E-state index in [0.29, 0.717) is 0 Å². The van der Waals surface area contributed by atoms with E-state index in [9.17, 15) is 4.79 Å². The Labute approximate surface area is 98.6 Å². The molecule has 17 heavy (non-hydrogen) atoms. The van der Waals surface area contributed by atoms with Crippen molar-refractivity contribution in [2.24, 2.45) is 5.84 Å². The molecule has 1 aliphatic rings. The van der Waals surface area contributed by atoms with Gasteiger partial charge in [0.2, 0.25) is 0 Å². The molecule has 0 unspecified atom stereocenters. The third-order valence-corrected chi connectivity index (χ3v) is 2.97. The Balaban J connectivity index is 2.71. The number of hydrazine groups is 1. The summed E-state index contributed by atoms with van der Waals surface area (Å²) in [5.74, 6) is 4.77. The van der Waals surface area contributed by atoms with E-state index in [1.807, 2.05) is 6.07 Å². The molecule has 0 fully saturated rings. The van der Waals surface area contributed by atoms with Gasteiger partial charge in [0.25, 0.3) is 5.91 Å². The number of nitrogens with two attached hydrogens (primary N) is 2. The van der Waals surface area contributed by atoms with E-state index in [1.54, 1.807) is 0 Å². The molecule has 0 aromatic carbocycles. The van der Waals surface area contributed by atoms with Crippen LogP contribution in [0.1, 0.15) is 40.0 Å². The van der Waals surface area contributed by atoms with E-state index < -0.39 is 5.91 Å². The highest BCUT2D eigenvalue weighted by Gasteiger charge is 2.24. The lowest BCUT2D eigenvalue weighted by atomic mass is 9.89. The van der Waals surface area contributed by atoms with Crippen LogP contribution in [0.4, 0.5) is 5.82 Å². The minimum Gasteiger partial charge on any atom is -0.383 e. The molecule has 0 bridgehead atoms. The number of carbonyl (C=O) groups excluding carboxylic acids is 1. The molecule has 1 aliphatic carbocycles. The second-order valence-electron chi connectivity index (χ2n) is 3.96. The molecule has 0 atom stereocenters. The van der Waals surface area contributed by atoms with Gasteiger partial charge in [-0.25, -0.2) is 10.8 Å². The van der Waals surface area contributed by atoms with Gasteiger partial charge in [0.1, 0.15) is 17.5 Å². The number of fused-ring (bicyclic) bond motifs is 1. The number of nitriles is 1. The first kappa shape index (κ1) is 11.4. The number of anilines is 1. The minimum atomic E-state index is -0.478. The number of nitrogen functional groups attached to an aromatic ring is 2. The second-order valence-corrected chi connectivity index (χ2v) is 3.96. The molecule has 0 spiro atoms. The van der Waals surface area contributed by atoms with Crippen molar-refractivity contribution in [1.82, 2.24) is 10.4 Å². The smallest absolute Gasteiger partial charge is 0.267 e. The van der Waals surface area contributed by atoms with Gasteiger partial charge in [-0.1, -0.05) is 0 Å². The Bertz CT molecular complexity index is 518. The standard InChI is InChI=1S/C11H13N5O/c12-5-7-9(11(17)16-14)6-3-1-2-4-8(6)15-10(7)13/h1-4,14H2,(H2,13,15)(H,16,17). The van der Waals surface area contributed by atoms with Gasteiger partial charge in [0, 0.05) is 5.69 Å². The average molecular weight is 231 g/mol. The van der Waals surface area contributed by atoms with E-state index >= 15 is 0 Å². The third kappa shape index (κ3) is 1.81. The zero-order valence-corrected chi connectivity index (χ0v) is 9.29. The van der Waals surface area contributed by atoms with E-state index in [1.165, 1.54) is 0 Å². The fraction of sp³-hybridized carbons (Fsp3) is 0.364. The van der Waals surface area contributed by atoms with Crippen molar-refractivity contribution in [2.45, 2.75) is 25.7 Å². The molecule has 6 heteroatoms. The first-order chi connectivity index (χ1) is 8.19. The Morgan fingerprint density at radius 1 is 1.41 bits per heavy atom. The van der Waals surface area contributed by atoms with E-state index in [-0.39, 0.29) is 16.9 Å². The van der Waals surface area contributed by atoms with Gasteiger partial charge in [-0.2, -0.15) is 5.26 Å². The van der Waals surface area contributed by atoms with Crippen LogP contribution in [0.2, 0.25) is 0 Å². The predicted molar refractivity (Wildman–Crippen MR) is 61.7 cm³/mol. The van der Waals surface area contributed by atoms with Gasteiger partial charge in [-0.05, 0) is 31.2 Å². The maximum Gasteiger partial charge on any atom is 0.267 e. The molecule has 5 N–H and O–H groups in total. The van der Waals surface area contributed by atoms with Crippen LogP contribution in [0.5, 0.6) is 0 Å². The summed E-state index contributed by atoms with van der Waals surface area (Å²) < 4.78 is 0. The summed E-state index contributed by atoms with van der Waals surface area (Å²) in [6, 6.07) is 1.93. The lowest BCUT2D eigenvalue weighted by molar-refractivity contribution is 0.0952. The first-order valence-electron chi connectivity index (χ1n) is 5.41. The molecular formula is C11H13N5O. The molecule has 1 aromatic rings. The monoisotopic (exact) mass is 231 g/mol. The van der Waals surface area contributed by atoms with Crippen molar-refractivity contribution in [3.05, 3.63) is 22.4 Å². The molecule has 0 saturated carbocycles. The molecular weight excluding hydrogens is 218 g/mol. The molecule has 0 saturated heterocycles.